The Morgan fingerprint density at radius 3 is 2.30 bits per heavy atom. The number of benzene rings is 2. The summed E-state index contributed by atoms with van der Waals surface area (Å²) in [6, 6.07) is 14.1. The maximum atomic E-state index is 11.5. The zero-order chi connectivity index (χ0) is 14.5. The molecule has 0 saturated carbocycles. The first-order chi connectivity index (χ1) is 9.56. The SMILES string of the molecule is CC(=O)CC(=O)Nc1ccc(-c2ccccc2O)cc1. The fourth-order valence-corrected chi connectivity index (χ4v) is 1.88. The summed E-state index contributed by atoms with van der Waals surface area (Å²) < 4.78 is 0. The first kappa shape index (κ1) is 13.8. The van der Waals surface area contributed by atoms with Gasteiger partial charge >= 0.3 is 0 Å². The maximum Gasteiger partial charge on any atom is 0.231 e. The van der Waals surface area contributed by atoms with E-state index in [0.29, 0.717) is 5.69 Å². The highest BCUT2D eigenvalue weighted by Crippen LogP contribution is 2.29. The molecule has 102 valence electrons. The topological polar surface area (TPSA) is 66.4 Å². The number of hydrogen-bond donors (Lipinski definition) is 2. The molecule has 0 atom stereocenters. The summed E-state index contributed by atoms with van der Waals surface area (Å²) in [5, 5.41) is 12.4. The number of phenolic OH excluding ortho intramolecular Hbond substituents is 1. The zero-order valence-electron chi connectivity index (χ0n) is 11.1. The number of carbonyl (C=O) groups is 2. The van der Waals surface area contributed by atoms with Crippen LogP contribution in [0.5, 0.6) is 5.75 Å². The number of rotatable bonds is 4. The molecule has 0 aliphatic heterocycles. The number of aromatic hydroxyl groups is 1. The Labute approximate surface area is 117 Å². The molecule has 0 aliphatic rings. The number of carbonyl (C=O) groups excluding carboxylic acids is 2. The average Bonchev–Trinajstić information content (AvgIpc) is 2.39. The van der Waals surface area contributed by atoms with Gasteiger partial charge in [0.05, 0.1) is 6.42 Å². The second-order valence-corrected chi connectivity index (χ2v) is 4.52. The normalized spacial score (nSPS) is 10.1. The monoisotopic (exact) mass is 269 g/mol. The molecule has 0 heterocycles. The highest BCUT2D eigenvalue weighted by molar-refractivity contribution is 6.03. The molecule has 0 unspecified atom stereocenters. The summed E-state index contributed by atoms with van der Waals surface area (Å²) in [6.45, 7) is 1.38. The fourth-order valence-electron chi connectivity index (χ4n) is 1.88. The quantitative estimate of drug-likeness (QED) is 0.838. The van der Waals surface area contributed by atoms with Crippen LogP contribution in [0.2, 0.25) is 0 Å². The molecule has 0 saturated heterocycles. The van der Waals surface area contributed by atoms with E-state index in [2.05, 4.69) is 5.32 Å². The molecule has 2 rings (SSSR count). The zero-order valence-corrected chi connectivity index (χ0v) is 11.1. The van der Waals surface area contributed by atoms with Crippen molar-refractivity contribution in [2.75, 3.05) is 5.32 Å². The number of para-hydroxylation sites is 1. The van der Waals surface area contributed by atoms with Crippen LogP contribution in [0.25, 0.3) is 11.1 Å². The second kappa shape index (κ2) is 6.02. The van der Waals surface area contributed by atoms with Crippen molar-refractivity contribution < 1.29 is 14.7 Å². The van der Waals surface area contributed by atoms with Crippen molar-refractivity contribution in [3.05, 3.63) is 48.5 Å². The predicted molar refractivity (Wildman–Crippen MR) is 77.5 cm³/mol. The Morgan fingerprint density at radius 1 is 1.05 bits per heavy atom. The Morgan fingerprint density at radius 2 is 1.70 bits per heavy atom. The van der Waals surface area contributed by atoms with Crippen molar-refractivity contribution in [1.82, 2.24) is 0 Å². The van der Waals surface area contributed by atoms with Crippen LogP contribution in [0.3, 0.4) is 0 Å². The number of phenols is 1. The van der Waals surface area contributed by atoms with E-state index in [-0.39, 0.29) is 23.9 Å². The lowest BCUT2D eigenvalue weighted by atomic mass is 10.0. The summed E-state index contributed by atoms with van der Waals surface area (Å²) in [5.41, 5.74) is 2.21. The van der Waals surface area contributed by atoms with Gasteiger partial charge in [-0.2, -0.15) is 0 Å². The third-order valence-corrected chi connectivity index (χ3v) is 2.79. The highest BCUT2D eigenvalue weighted by Gasteiger charge is 2.06. The molecule has 4 nitrogen and oxygen atoms in total. The standard InChI is InChI=1S/C16H15NO3/c1-11(18)10-16(20)17-13-8-6-12(7-9-13)14-4-2-3-5-15(14)19/h2-9,19H,10H2,1H3,(H,17,20). The molecule has 4 heteroatoms. The number of ketones is 1. The van der Waals surface area contributed by atoms with E-state index in [0.717, 1.165) is 11.1 Å². The van der Waals surface area contributed by atoms with Crippen molar-refractivity contribution in [3.8, 4) is 16.9 Å². The molecule has 0 spiro atoms. The highest BCUT2D eigenvalue weighted by atomic mass is 16.3. The maximum absolute atomic E-state index is 11.5. The van der Waals surface area contributed by atoms with Crippen LogP contribution in [-0.4, -0.2) is 16.8 Å². The molecule has 0 aromatic heterocycles. The summed E-state index contributed by atoms with van der Waals surface area (Å²) in [6.07, 6.45) is -0.124. The molecule has 0 aliphatic carbocycles. The van der Waals surface area contributed by atoms with Crippen LogP contribution in [0.15, 0.2) is 48.5 Å². The van der Waals surface area contributed by atoms with Gasteiger partial charge < -0.3 is 10.4 Å². The van der Waals surface area contributed by atoms with Gasteiger partial charge in [0.1, 0.15) is 11.5 Å². The van der Waals surface area contributed by atoms with Gasteiger partial charge in [0.2, 0.25) is 5.91 Å². The first-order valence-corrected chi connectivity index (χ1v) is 6.24. The van der Waals surface area contributed by atoms with Crippen LogP contribution in [0.1, 0.15) is 13.3 Å². The van der Waals surface area contributed by atoms with Gasteiger partial charge in [-0.25, -0.2) is 0 Å². The van der Waals surface area contributed by atoms with Gasteiger partial charge in [0, 0.05) is 11.3 Å². The number of Topliss-reactive ketones (excluding diaryl/α,β-unsaturated/α-hetero) is 1. The number of hydrogen-bond acceptors (Lipinski definition) is 3. The van der Waals surface area contributed by atoms with Crippen molar-refractivity contribution >= 4 is 17.4 Å². The van der Waals surface area contributed by atoms with Crippen LogP contribution >= 0.6 is 0 Å². The minimum Gasteiger partial charge on any atom is -0.507 e. The van der Waals surface area contributed by atoms with E-state index >= 15 is 0 Å². The summed E-state index contributed by atoms with van der Waals surface area (Å²) >= 11 is 0. The second-order valence-electron chi connectivity index (χ2n) is 4.52. The van der Waals surface area contributed by atoms with Crippen molar-refractivity contribution in [1.29, 1.82) is 0 Å². The number of anilines is 1. The van der Waals surface area contributed by atoms with Gasteiger partial charge in [-0.05, 0) is 30.7 Å². The Hall–Kier alpha value is -2.62. The lowest BCUT2D eigenvalue weighted by molar-refractivity contribution is -0.124. The Kier molecular flexibility index (Phi) is 4.15. The van der Waals surface area contributed by atoms with E-state index < -0.39 is 0 Å². The predicted octanol–water partition coefficient (Wildman–Crippen LogP) is 2.98. The Bertz CT molecular complexity index is 632. The molecule has 0 bridgehead atoms. The third kappa shape index (κ3) is 3.45. The smallest absolute Gasteiger partial charge is 0.231 e. The first-order valence-electron chi connectivity index (χ1n) is 6.24. The summed E-state index contributed by atoms with van der Waals surface area (Å²) in [5.74, 6) is -0.290. The summed E-state index contributed by atoms with van der Waals surface area (Å²) in [4.78, 5) is 22.3. The van der Waals surface area contributed by atoms with E-state index in [1.807, 2.05) is 12.1 Å². The van der Waals surface area contributed by atoms with Crippen LogP contribution in [0.4, 0.5) is 5.69 Å². The number of nitrogens with one attached hydrogen (secondary N) is 1. The molecular formula is C16H15NO3. The summed E-state index contributed by atoms with van der Waals surface area (Å²) in [7, 11) is 0. The van der Waals surface area contributed by atoms with E-state index in [1.165, 1.54) is 6.92 Å². The number of amides is 1. The van der Waals surface area contributed by atoms with Crippen LogP contribution in [-0.2, 0) is 9.59 Å². The molecule has 20 heavy (non-hydrogen) atoms. The van der Waals surface area contributed by atoms with Crippen molar-refractivity contribution in [3.63, 3.8) is 0 Å². The minimum atomic E-state index is -0.326. The molecular weight excluding hydrogens is 254 g/mol. The molecule has 2 N–H and O–H groups in total. The van der Waals surface area contributed by atoms with Gasteiger partial charge in [0.25, 0.3) is 0 Å². The third-order valence-electron chi connectivity index (χ3n) is 2.79. The van der Waals surface area contributed by atoms with Crippen molar-refractivity contribution in [2.45, 2.75) is 13.3 Å². The van der Waals surface area contributed by atoms with E-state index in [1.54, 1.807) is 36.4 Å². The molecule has 0 fully saturated rings. The molecule has 2 aromatic carbocycles. The van der Waals surface area contributed by atoms with E-state index in [4.69, 9.17) is 0 Å². The Balaban J connectivity index is 2.13. The van der Waals surface area contributed by atoms with Gasteiger partial charge in [0.15, 0.2) is 0 Å². The molecule has 1 amide bonds. The van der Waals surface area contributed by atoms with Crippen LogP contribution in [0, 0.1) is 0 Å². The van der Waals surface area contributed by atoms with Crippen molar-refractivity contribution in [2.24, 2.45) is 0 Å². The van der Waals surface area contributed by atoms with Crippen LogP contribution < -0.4 is 5.32 Å². The van der Waals surface area contributed by atoms with Gasteiger partial charge in [-0.1, -0.05) is 30.3 Å². The lowest BCUT2D eigenvalue weighted by Crippen LogP contribution is -2.14. The fraction of sp³-hybridized carbons (Fsp3) is 0.125. The minimum absolute atomic E-state index is 0.124. The largest absolute Gasteiger partial charge is 0.507 e. The molecule has 0 radical (unpaired) electrons. The van der Waals surface area contributed by atoms with Gasteiger partial charge in [-0.15, -0.1) is 0 Å². The average molecular weight is 269 g/mol. The lowest BCUT2D eigenvalue weighted by Gasteiger charge is -2.07. The molecule has 2 aromatic rings. The van der Waals surface area contributed by atoms with Gasteiger partial charge in [-0.3, -0.25) is 9.59 Å². The van der Waals surface area contributed by atoms with E-state index in [9.17, 15) is 14.7 Å².